The lowest BCUT2D eigenvalue weighted by molar-refractivity contribution is -0.133. The molecule has 1 amide bonds. The first kappa shape index (κ1) is 18.9. The Bertz CT molecular complexity index is 866. The number of sulfone groups is 1. The summed E-state index contributed by atoms with van der Waals surface area (Å²) in [5, 5.41) is 0. The summed E-state index contributed by atoms with van der Waals surface area (Å²) in [4.78, 5) is 21.6. The van der Waals surface area contributed by atoms with E-state index in [1.165, 1.54) is 0 Å². The van der Waals surface area contributed by atoms with E-state index in [0.29, 0.717) is 31.8 Å². The van der Waals surface area contributed by atoms with Crippen LogP contribution >= 0.6 is 0 Å². The number of aromatic nitrogens is 1. The highest BCUT2D eigenvalue weighted by atomic mass is 32.2. The lowest BCUT2D eigenvalue weighted by atomic mass is 9.83. The van der Waals surface area contributed by atoms with Gasteiger partial charge in [-0.1, -0.05) is 6.92 Å². The van der Waals surface area contributed by atoms with Gasteiger partial charge in [-0.2, -0.15) is 0 Å². The number of fused-ring (bicyclic) bond motifs is 1. The number of hydrogen-bond acceptors (Lipinski definition) is 6. The van der Waals surface area contributed by atoms with Gasteiger partial charge < -0.3 is 9.32 Å². The summed E-state index contributed by atoms with van der Waals surface area (Å²) in [6, 6.07) is 0.0954. The highest BCUT2D eigenvalue weighted by Crippen LogP contribution is 2.46. The van der Waals surface area contributed by atoms with Crippen LogP contribution in [-0.2, 0) is 14.6 Å². The largest absolute Gasteiger partial charge is 0.444 e. The number of carbonyl (C=O) groups excluding carboxylic acids is 1. The fourth-order valence-corrected chi connectivity index (χ4v) is 6.94. The molecule has 8 heteroatoms. The van der Waals surface area contributed by atoms with Crippen LogP contribution in [0.2, 0.25) is 0 Å². The molecule has 3 aliphatic rings. The maximum Gasteiger partial charge on any atom is 0.243 e. The van der Waals surface area contributed by atoms with Crippen molar-refractivity contribution in [3.8, 4) is 0 Å². The van der Waals surface area contributed by atoms with Crippen molar-refractivity contribution in [2.24, 2.45) is 11.3 Å². The van der Waals surface area contributed by atoms with Crippen molar-refractivity contribution in [3.05, 3.63) is 17.8 Å². The smallest absolute Gasteiger partial charge is 0.243 e. The van der Waals surface area contributed by atoms with Crippen molar-refractivity contribution < 1.29 is 17.6 Å². The first-order valence-electron chi connectivity index (χ1n) is 9.74. The Hall–Kier alpha value is -1.41. The minimum atomic E-state index is -3.35. The van der Waals surface area contributed by atoms with Crippen LogP contribution in [0.1, 0.15) is 51.3 Å². The predicted octanol–water partition coefficient (Wildman–Crippen LogP) is 1.79. The molecular weight excluding hydrogens is 366 g/mol. The predicted molar refractivity (Wildman–Crippen MR) is 101 cm³/mol. The van der Waals surface area contributed by atoms with Gasteiger partial charge in [0, 0.05) is 31.6 Å². The van der Waals surface area contributed by atoms with Crippen LogP contribution in [-0.4, -0.2) is 65.8 Å². The fourth-order valence-electron chi connectivity index (χ4n) is 5.11. The Balaban J connectivity index is 1.47. The molecule has 1 aromatic heterocycles. The summed E-state index contributed by atoms with van der Waals surface area (Å²) in [5.41, 5.74) is -0.0235. The molecule has 7 nitrogen and oxygen atoms in total. The van der Waals surface area contributed by atoms with E-state index in [-0.39, 0.29) is 23.1 Å². The van der Waals surface area contributed by atoms with E-state index in [1.54, 1.807) is 13.1 Å². The summed E-state index contributed by atoms with van der Waals surface area (Å²) in [5.74, 6) is 1.81. The minimum absolute atomic E-state index is 0.0235. The first-order valence-corrected chi connectivity index (χ1v) is 11.4. The maximum atomic E-state index is 13.1. The molecule has 2 unspecified atom stereocenters. The summed E-state index contributed by atoms with van der Waals surface area (Å²) < 4.78 is 29.3. The Labute approximate surface area is 161 Å². The number of amides is 1. The van der Waals surface area contributed by atoms with E-state index < -0.39 is 14.6 Å². The van der Waals surface area contributed by atoms with Crippen molar-refractivity contribution in [2.75, 3.05) is 31.9 Å². The van der Waals surface area contributed by atoms with Gasteiger partial charge in [0.2, 0.25) is 11.8 Å². The van der Waals surface area contributed by atoms with Crippen LogP contribution in [0.4, 0.5) is 0 Å². The standard InChI is InChI=1S/C19H29N3O4S/c1-13-8-20-16(26-13)14(2)21-9-15-10-22(12-18(15,3)11-21)17(23)19(4)6-5-7-27(19,24)25/h8,14-15H,5-7,9-12H2,1-4H3/t14?,15-,18+,19?/m1/s1. The second-order valence-corrected chi connectivity index (χ2v) is 11.6. The van der Waals surface area contributed by atoms with Crippen molar-refractivity contribution in [1.29, 1.82) is 0 Å². The quantitative estimate of drug-likeness (QED) is 0.776. The van der Waals surface area contributed by atoms with Crippen LogP contribution in [0.15, 0.2) is 10.6 Å². The summed E-state index contributed by atoms with van der Waals surface area (Å²) in [6.45, 7) is 10.8. The molecule has 27 heavy (non-hydrogen) atoms. The third-order valence-corrected chi connectivity index (χ3v) is 9.61. The van der Waals surface area contributed by atoms with E-state index in [4.69, 9.17) is 4.42 Å². The lowest BCUT2D eigenvalue weighted by Crippen LogP contribution is -2.50. The fraction of sp³-hybridized carbons (Fsp3) is 0.789. The number of aryl methyl sites for hydroxylation is 1. The molecular formula is C19H29N3O4S. The van der Waals surface area contributed by atoms with Crippen LogP contribution in [0.25, 0.3) is 0 Å². The molecule has 3 fully saturated rings. The van der Waals surface area contributed by atoms with E-state index in [1.807, 2.05) is 11.8 Å². The maximum absolute atomic E-state index is 13.1. The van der Waals surface area contributed by atoms with Gasteiger partial charge in [0.05, 0.1) is 18.0 Å². The van der Waals surface area contributed by atoms with Crippen LogP contribution < -0.4 is 0 Å². The zero-order valence-electron chi connectivity index (χ0n) is 16.6. The van der Waals surface area contributed by atoms with E-state index in [2.05, 4.69) is 23.7 Å². The topological polar surface area (TPSA) is 83.7 Å². The first-order chi connectivity index (χ1) is 12.6. The van der Waals surface area contributed by atoms with E-state index >= 15 is 0 Å². The average molecular weight is 396 g/mol. The van der Waals surface area contributed by atoms with Gasteiger partial charge in [0.25, 0.3) is 0 Å². The molecule has 0 N–H and O–H groups in total. The van der Waals surface area contributed by atoms with Crippen molar-refractivity contribution >= 4 is 15.7 Å². The second-order valence-electron chi connectivity index (χ2n) is 9.10. The van der Waals surface area contributed by atoms with Gasteiger partial charge >= 0.3 is 0 Å². The number of nitrogens with zero attached hydrogens (tertiary/aromatic N) is 3. The van der Waals surface area contributed by atoms with Crippen LogP contribution in [0, 0.1) is 18.3 Å². The zero-order chi connectivity index (χ0) is 19.6. The minimum Gasteiger partial charge on any atom is -0.444 e. The molecule has 4 atom stereocenters. The van der Waals surface area contributed by atoms with Gasteiger partial charge in [0.1, 0.15) is 10.5 Å². The molecule has 3 aliphatic heterocycles. The third-order valence-electron chi connectivity index (χ3n) is 7.03. The third kappa shape index (κ3) is 2.83. The summed E-state index contributed by atoms with van der Waals surface area (Å²) >= 11 is 0. The monoisotopic (exact) mass is 395 g/mol. The Morgan fingerprint density at radius 2 is 2.07 bits per heavy atom. The number of likely N-dealkylation sites (tertiary alicyclic amines) is 2. The van der Waals surface area contributed by atoms with Crippen molar-refractivity contribution in [1.82, 2.24) is 14.8 Å². The molecule has 4 heterocycles. The molecule has 3 saturated heterocycles. The molecule has 4 rings (SSSR count). The molecule has 150 valence electrons. The van der Waals surface area contributed by atoms with Gasteiger partial charge in [-0.25, -0.2) is 13.4 Å². The van der Waals surface area contributed by atoms with Gasteiger partial charge in [-0.05, 0) is 39.5 Å². The molecule has 0 saturated carbocycles. The highest BCUT2D eigenvalue weighted by molar-refractivity contribution is 7.93. The van der Waals surface area contributed by atoms with Crippen LogP contribution in [0.3, 0.4) is 0 Å². The molecule has 0 bridgehead atoms. The summed E-state index contributed by atoms with van der Waals surface area (Å²) in [7, 11) is -3.35. The number of carbonyl (C=O) groups is 1. The van der Waals surface area contributed by atoms with Gasteiger partial charge in [-0.15, -0.1) is 0 Å². The number of rotatable bonds is 3. The number of hydrogen-bond donors (Lipinski definition) is 0. The molecule has 0 radical (unpaired) electrons. The average Bonchev–Trinajstić information content (AvgIpc) is 3.29. The highest BCUT2D eigenvalue weighted by Gasteiger charge is 2.57. The summed E-state index contributed by atoms with van der Waals surface area (Å²) in [6.07, 6.45) is 2.77. The molecule has 0 aromatic carbocycles. The van der Waals surface area contributed by atoms with Gasteiger partial charge in [0.15, 0.2) is 9.84 Å². The molecule has 0 spiro atoms. The number of oxazole rings is 1. The Kier molecular flexibility index (Phi) is 4.24. The normalized spacial score (nSPS) is 36.9. The van der Waals surface area contributed by atoms with Gasteiger partial charge in [-0.3, -0.25) is 9.69 Å². The SMILES string of the molecule is Cc1cnc(C(C)N2C[C@@H]3CN(C(=O)C4(C)CCCS4(=O)=O)C[C@]3(C)C2)o1. The lowest BCUT2D eigenvalue weighted by Gasteiger charge is -2.31. The zero-order valence-corrected chi connectivity index (χ0v) is 17.4. The molecule has 0 aliphatic carbocycles. The van der Waals surface area contributed by atoms with Crippen molar-refractivity contribution in [3.63, 3.8) is 0 Å². The van der Waals surface area contributed by atoms with E-state index in [9.17, 15) is 13.2 Å². The van der Waals surface area contributed by atoms with Crippen LogP contribution in [0.5, 0.6) is 0 Å². The Morgan fingerprint density at radius 1 is 1.33 bits per heavy atom. The Morgan fingerprint density at radius 3 is 2.63 bits per heavy atom. The van der Waals surface area contributed by atoms with Crippen molar-refractivity contribution in [2.45, 2.75) is 51.3 Å². The molecule has 1 aromatic rings. The van der Waals surface area contributed by atoms with E-state index in [0.717, 1.165) is 24.7 Å². The second kappa shape index (κ2) is 6.04.